The van der Waals surface area contributed by atoms with Crippen molar-refractivity contribution < 1.29 is 8.78 Å². The fourth-order valence-corrected chi connectivity index (χ4v) is 5.90. The van der Waals surface area contributed by atoms with Crippen LogP contribution < -0.4 is 0 Å². The third-order valence-corrected chi connectivity index (χ3v) is 7.76. The Morgan fingerprint density at radius 1 is 0.781 bits per heavy atom. The minimum Gasteiger partial charge on any atom is -0.297 e. The highest BCUT2D eigenvalue weighted by atomic mass is 19.1. The Hall–Kier alpha value is -1.74. The maximum absolute atomic E-state index is 16.0. The first kappa shape index (κ1) is 23.4. The molecule has 0 atom stereocenters. The van der Waals surface area contributed by atoms with Crippen molar-refractivity contribution in [1.29, 1.82) is 0 Å². The molecular weight excluding hydrogens is 400 g/mol. The fraction of sp³-hybridized carbons (Fsp3) is 0.586. The molecule has 2 aromatic rings. The van der Waals surface area contributed by atoms with Crippen molar-refractivity contribution in [3.05, 3.63) is 70.8 Å². The highest BCUT2D eigenvalue weighted by Crippen LogP contribution is 2.49. The van der Waals surface area contributed by atoms with Crippen molar-refractivity contribution >= 4 is 0 Å². The molecule has 0 aromatic heterocycles. The van der Waals surface area contributed by atoms with Gasteiger partial charge in [0, 0.05) is 12.6 Å². The van der Waals surface area contributed by atoms with Crippen molar-refractivity contribution in [1.82, 2.24) is 4.90 Å². The van der Waals surface area contributed by atoms with E-state index in [2.05, 4.69) is 43.0 Å². The van der Waals surface area contributed by atoms with Crippen LogP contribution in [0.3, 0.4) is 0 Å². The number of halogens is 2. The molecule has 4 rings (SSSR count). The lowest BCUT2D eigenvalue weighted by Gasteiger charge is -2.31. The topological polar surface area (TPSA) is 3.24 Å². The summed E-state index contributed by atoms with van der Waals surface area (Å²) < 4.78 is 31.9. The largest absolute Gasteiger partial charge is 0.297 e. The minimum atomic E-state index is -1.28. The first-order chi connectivity index (χ1) is 15.4. The summed E-state index contributed by atoms with van der Waals surface area (Å²) in [4.78, 5) is 2.47. The van der Waals surface area contributed by atoms with Crippen LogP contribution in [0, 0.1) is 0 Å². The number of alkyl halides is 2. The van der Waals surface area contributed by atoms with E-state index in [0.717, 1.165) is 68.3 Å². The third kappa shape index (κ3) is 5.09. The summed E-state index contributed by atoms with van der Waals surface area (Å²) in [5, 5.41) is 0. The van der Waals surface area contributed by atoms with Crippen LogP contribution >= 0.6 is 0 Å². The Labute approximate surface area is 193 Å². The summed E-state index contributed by atoms with van der Waals surface area (Å²) in [7, 11) is 0. The van der Waals surface area contributed by atoms with Crippen LogP contribution in [0.2, 0.25) is 0 Å². The molecule has 2 saturated carbocycles. The molecule has 0 spiro atoms. The van der Waals surface area contributed by atoms with E-state index < -0.39 is 11.3 Å². The molecule has 0 saturated heterocycles. The van der Waals surface area contributed by atoms with Gasteiger partial charge >= 0.3 is 0 Å². The Balaban J connectivity index is 1.56. The lowest BCUT2D eigenvalue weighted by molar-refractivity contribution is 0.161. The Bertz CT molecular complexity index is 824. The summed E-state index contributed by atoms with van der Waals surface area (Å²) in [6, 6.07) is 16.8. The van der Waals surface area contributed by atoms with Crippen LogP contribution in [-0.4, -0.2) is 17.5 Å². The molecule has 2 aliphatic carbocycles. The molecule has 2 fully saturated rings. The Morgan fingerprint density at radius 2 is 1.31 bits per heavy atom. The van der Waals surface area contributed by atoms with Crippen LogP contribution in [0.5, 0.6) is 0 Å². The lowest BCUT2D eigenvalue weighted by atomic mass is 9.80. The summed E-state index contributed by atoms with van der Waals surface area (Å²) in [5.41, 5.74) is 1.31. The molecule has 0 bridgehead atoms. The number of benzene rings is 2. The molecule has 32 heavy (non-hydrogen) atoms. The predicted octanol–water partition coefficient (Wildman–Crippen LogP) is 8.01. The van der Waals surface area contributed by atoms with Gasteiger partial charge in [-0.3, -0.25) is 4.90 Å². The van der Waals surface area contributed by atoms with Gasteiger partial charge in [-0.2, -0.15) is 0 Å². The highest BCUT2D eigenvalue weighted by Gasteiger charge is 2.42. The maximum atomic E-state index is 16.0. The minimum absolute atomic E-state index is 0.426. The second kappa shape index (κ2) is 10.0. The van der Waals surface area contributed by atoms with Crippen molar-refractivity contribution in [2.75, 3.05) is 6.54 Å². The van der Waals surface area contributed by atoms with Gasteiger partial charge in [0.1, 0.15) is 11.3 Å². The van der Waals surface area contributed by atoms with E-state index in [1.54, 1.807) is 0 Å². The fourth-order valence-electron chi connectivity index (χ4n) is 5.90. The van der Waals surface area contributed by atoms with Gasteiger partial charge in [0.25, 0.3) is 0 Å². The maximum Gasteiger partial charge on any atom is 0.136 e. The van der Waals surface area contributed by atoms with E-state index in [0.29, 0.717) is 31.7 Å². The summed E-state index contributed by atoms with van der Waals surface area (Å²) in [6.07, 6.45) is 7.70. The van der Waals surface area contributed by atoms with Crippen LogP contribution in [0.25, 0.3) is 0 Å². The SMILES string of the molecule is CC(C)N(CCCc1c(C2(F)CCCC2)cccc1C1(F)CCCC1)Cc1ccccc1. The van der Waals surface area contributed by atoms with Gasteiger partial charge in [-0.15, -0.1) is 0 Å². The summed E-state index contributed by atoms with van der Waals surface area (Å²) >= 11 is 0. The Kier molecular flexibility index (Phi) is 7.34. The number of rotatable bonds is 9. The van der Waals surface area contributed by atoms with Crippen LogP contribution in [-0.2, 0) is 24.3 Å². The number of hydrogen-bond donors (Lipinski definition) is 0. The molecule has 174 valence electrons. The highest BCUT2D eigenvalue weighted by molar-refractivity contribution is 5.43. The summed E-state index contributed by atoms with van der Waals surface area (Å²) in [6.45, 7) is 6.30. The van der Waals surface area contributed by atoms with Crippen molar-refractivity contribution in [2.45, 2.75) is 102 Å². The molecule has 0 heterocycles. The van der Waals surface area contributed by atoms with E-state index >= 15 is 8.78 Å². The van der Waals surface area contributed by atoms with E-state index in [1.807, 2.05) is 24.3 Å². The third-order valence-electron chi connectivity index (χ3n) is 7.76. The van der Waals surface area contributed by atoms with Crippen molar-refractivity contribution in [3.8, 4) is 0 Å². The molecule has 1 nitrogen and oxygen atoms in total. The standard InChI is InChI=1S/C29H39F2N/c1-23(2)32(22-24-12-4-3-5-13-24)21-11-14-25-26(28(30)17-6-7-18-28)15-10-16-27(25)29(31)19-8-9-20-29/h3-5,10,12-13,15-16,23H,6-9,11,14,17-22H2,1-2H3. The normalized spacial score (nSPS) is 19.8. The average molecular weight is 440 g/mol. The lowest BCUT2D eigenvalue weighted by Crippen LogP contribution is -2.32. The van der Waals surface area contributed by atoms with E-state index in [1.165, 1.54) is 5.56 Å². The van der Waals surface area contributed by atoms with Gasteiger partial charge < -0.3 is 0 Å². The second-order valence-corrected chi connectivity index (χ2v) is 10.3. The molecule has 0 unspecified atom stereocenters. The monoisotopic (exact) mass is 439 g/mol. The van der Waals surface area contributed by atoms with E-state index in [9.17, 15) is 0 Å². The summed E-state index contributed by atoms with van der Waals surface area (Å²) in [5.74, 6) is 0. The molecule has 0 amide bonds. The van der Waals surface area contributed by atoms with Crippen LogP contribution in [0.4, 0.5) is 8.78 Å². The zero-order valence-electron chi connectivity index (χ0n) is 19.9. The van der Waals surface area contributed by atoms with E-state index in [-0.39, 0.29) is 0 Å². The molecule has 2 aliphatic rings. The zero-order valence-corrected chi connectivity index (χ0v) is 19.9. The molecular formula is C29H39F2N. The number of hydrogen-bond acceptors (Lipinski definition) is 1. The van der Waals surface area contributed by atoms with Crippen molar-refractivity contribution in [3.63, 3.8) is 0 Å². The van der Waals surface area contributed by atoms with Gasteiger partial charge in [0.05, 0.1) is 0 Å². The van der Waals surface area contributed by atoms with Gasteiger partial charge in [-0.05, 0) is 107 Å². The molecule has 0 radical (unpaired) electrons. The van der Waals surface area contributed by atoms with Crippen LogP contribution in [0.15, 0.2) is 48.5 Å². The number of nitrogens with zero attached hydrogens (tertiary/aromatic N) is 1. The van der Waals surface area contributed by atoms with E-state index in [4.69, 9.17) is 0 Å². The molecule has 0 N–H and O–H groups in total. The van der Waals surface area contributed by atoms with Gasteiger partial charge in [0.2, 0.25) is 0 Å². The van der Waals surface area contributed by atoms with Gasteiger partial charge in [-0.1, -0.05) is 48.5 Å². The van der Waals surface area contributed by atoms with Gasteiger partial charge in [-0.25, -0.2) is 8.78 Å². The average Bonchev–Trinajstić information content (AvgIpc) is 3.43. The predicted molar refractivity (Wildman–Crippen MR) is 129 cm³/mol. The molecule has 3 heteroatoms. The van der Waals surface area contributed by atoms with Gasteiger partial charge in [0.15, 0.2) is 0 Å². The quantitative estimate of drug-likeness (QED) is 0.382. The Morgan fingerprint density at radius 3 is 1.81 bits per heavy atom. The first-order valence-electron chi connectivity index (χ1n) is 12.7. The smallest absolute Gasteiger partial charge is 0.136 e. The zero-order chi connectivity index (χ0) is 22.6. The molecule has 0 aliphatic heterocycles. The van der Waals surface area contributed by atoms with Crippen LogP contribution in [0.1, 0.15) is 93.9 Å². The first-order valence-corrected chi connectivity index (χ1v) is 12.7. The second-order valence-electron chi connectivity index (χ2n) is 10.3. The molecule has 2 aromatic carbocycles. The van der Waals surface area contributed by atoms with Crippen molar-refractivity contribution in [2.24, 2.45) is 0 Å².